The monoisotopic (exact) mass is 257 g/mol. The minimum atomic E-state index is -0.934. The number of hydrogen-bond donors (Lipinski definition) is 1. The summed E-state index contributed by atoms with van der Waals surface area (Å²) in [6.45, 7) is 5.22. The van der Waals surface area contributed by atoms with Gasteiger partial charge in [-0.2, -0.15) is 0 Å². The molecule has 0 aromatic rings. The van der Waals surface area contributed by atoms with Gasteiger partial charge in [-0.25, -0.2) is 4.79 Å². The minimum Gasteiger partial charge on any atom is -0.469 e. The molecule has 1 aliphatic rings. The van der Waals surface area contributed by atoms with E-state index in [-0.39, 0.29) is 12.2 Å². The Morgan fingerprint density at radius 3 is 2.17 bits per heavy atom. The molecule has 102 valence electrons. The van der Waals surface area contributed by atoms with Gasteiger partial charge >= 0.3 is 12.1 Å². The number of ketones is 1. The number of nitrogens with one attached hydrogen (secondary N) is 1. The zero-order valence-corrected chi connectivity index (χ0v) is 11.2. The van der Waals surface area contributed by atoms with Crippen molar-refractivity contribution in [2.75, 3.05) is 7.11 Å². The first-order chi connectivity index (χ1) is 8.18. The highest BCUT2D eigenvalue weighted by atomic mass is 16.6. The van der Waals surface area contributed by atoms with Gasteiger partial charge in [0.25, 0.3) is 0 Å². The second-order valence-corrected chi connectivity index (χ2v) is 5.39. The van der Waals surface area contributed by atoms with E-state index in [0.717, 1.165) is 0 Å². The quantitative estimate of drug-likeness (QED) is 0.604. The summed E-state index contributed by atoms with van der Waals surface area (Å²) in [7, 11) is 1.22. The van der Waals surface area contributed by atoms with Gasteiger partial charge in [-0.15, -0.1) is 0 Å². The molecule has 6 nitrogen and oxygen atoms in total. The molecule has 1 N–H and O–H groups in total. The molecule has 0 aliphatic heterocycles. The number of carbonyl (C=O) groups is 3. The van der Waals surface area contributed by atoms with Crippen LogP contribution < -0.4 is 5.32 Å². The number of Topliss-reactive ketones (excluding diaryl/α,β-unsaturated/α-hetero) is 1. The maximum absolute atomic E-state index is 11.8. The fourth-order valence-electron chi connectivity index (χ4n) is 1.47. The average Bonchev–Trinajstić information content (AvgIpc) is 2.95. The van der Waals surface area contributed by atoms with Crippen LogP contribution in [0.1, 0.15) is 40.0 Å². The molecule has 0 radical (unpaired) electrons. The summed E-state index contributed by atoms with van der Waals surface area (Å²) in [5, 5.41) is 2.53. The molecule has 1 amide bonds. The Kier molecular flexibility index (Phi) is 3.98. The molecular weight excluding hydrogens is 238 g/mol. The Morgan fingerprint density at radius 2 is 1.78 bits per heavy atom. The van der Waals surface area contributed by atoms with Gasteiger partial charge in [0.1, 0.15) is 17.6 Å². The van der Waals surface area contributed by atoms with Crippen molar-refractivity contribution >= 4 is 17.8 Å². The number of alkyl carbamates (subject to hydrolysis) is 1. The molecule has 1 fully saturated rings. The lowest BCUT2D eigenvalue weighted by molar-refractivity contribution is -0.144. The van der Waals surface area contributed by atoms with Gasteiger partial charge in [0.05, 0.1) is 7.11 Å². The molecular formula is C12H19NO5. The van der Waals surface area contributed by atoms with Crippen molar-refractivity contribution in [2.24, 2.45) is 0 Å². The minimum absolute atomic E-state index is 0.327. The van der Waals surface area contributed by atoms with Crippen LogP contribution in [0.5, 0.6) is 0 Å². The lowest BCUT2D eigenvalue weighted by atomic mass is 10.1. The molecule has 0 bridgehead atoms. The van der Waals surface area contributed by atoms with Crippen LogP contribution in [0.15, 0.2) is 0 Å². The fraction of sp³-hybridized carbons (Fsp3) is 0.750. The van der Waals surface area contributed by atoms with E-state index in [1.54, 1.807) is 20.8 Å². The van der Waals surface area contributed by atoms with Gasteiger partial charge < -0.3 is 14.8 Å². The van der Waals surface area contributed by atoms with E-state index >= 15 is 0 Å². The normalized spacial score (nSPS) is 16.7. The highest BCUT2D eigenvalue weighted by Gasteiger charge is 2.51. The predicted octanol–water partition coefficient (Wildman–Crippen LogP) is 1.18. The fourth-order valence-corrected chi connectivity index (χ4v) is 1.47. The summed E-state index contributed by atoms with van der Waals surface area (Å²) in [5.74, 6) is -0.933. The van der Waals surface area contributed by atoms with Crippen molar-refractivity contribution < 1.29 is 23.9 Å². The van der Waals surface area contributed by atoms with Crippen LogP contribution in [-0.4, -0.2) is 36.1 Å². The predicted molar refractivity (Wildman–Crippen MR) is 63.0 cm³/mol. The van der Waals surface area contributed by atoms with E-state index < -0.39 is 23.2 Å². The van der Waals surface area contributed by atoms with Gasteiger partial charge in [-0.1, -0.05) is 0 Å². The molecule has 1 rings (SSSR count). The second kappa shape index (κ2) is 4.96. The third-order valence-electron chi connectivity index (χ3n) is 2.56. The third kappa shape index (κ3) is 4.01. The van der Waals surface area contributed by atoms with E-state index in [9.17, 15) is 14.4 Å². The van der Waals surface area contributed by atoms with E-state index in [4.69, 9.17) is 4.74 Å². The molecule has 0 heterocycles. The highest BCUT2D eigenvalue weighted by molar-refractivity contribution is 6.04. The van der Waals surface area contributed by atoms with Crippen molar-refractivity contribution in [3.8, 4) is 0 Å². The summed E-state index contributed by atoms with van der Waals surface area (Å²) in [6.07, 6.45) is 0.0920. The third-order valence-corrected chi connectivity index (χ3v) is 2.56. The van der Waals surface area contributed by atoms with Crippen LogP contribution in [0.2, 0.25) is 0 Å². The zero-order chi connectivity index (χ0) is 14.0. The van der Waals surface area contributed by atoms with Crippen LogP contribution in [0.25, 0.3) is 0 Å². The molecule has 1 aliphatic carbocycles. The number of esters is 1. The van der Waals surface area contributed by atoms with E-state index in [0.29, 0.717) is 12.8 Å². The first-order valence-corrected chi connectivity index (χ1v) is 5.80. The number of rotatable bonds is 4. The molecule has 0 saturated heterocycles. The number of ether oxygens (including phenoxy) is 2. The molecule has 0 atom stereocenters. The lowest BCUT2D eigenvalue weighted by Crippen LogP contribution is -2.46. The van der Waals surface area contributed by atoms with Crippen LogP contribution in [0.4, 0.5) is 4.79 Å². The molecule has 0 aromatic carbocycles. The van der Waals surface area contributed by atoms with Crippen molar-refractivity contribution in [2.45, 2.75) is 51.2 Å². The van der Waals surface area contributed by atoms with Gasteiger partial charge in [0.2, 0.25) is 0 Å². The lowest BCUT2D eigenvalue weighted by Gasteiger charge is -2.22. The Labute approximate surface area is 106 Å². The zero-order valence-electron chi connectivity index (χ0n) is 11.2. The second-order valence-electron chi connectivity index (χ2n) is 5.39. The van der Waals surface area contributed by atoms with Crippen molar-refractivity contribution in [3.05, 3.63) is 0 Å². The Hall–Kier alpha value is -1.59. The van der Waals surface area contributed by atoms with Crippen LogP contribution in [-0.2, 0) is 19.1 Å². The van der Waals surface area contributed by atoms with Crippen molar-refractivity contribution in [1.82, 2.24) is 5.32 Å². The SMILES string of the molecule is COC(=O)CC(=O)C1(NC(=O)OC(C)(C)C)CC1. The largest absolute Gasteiger partial charge is 0.469 e. The summed E-state index contributed by atoms with van der Waals surface area (Å²) in [6, 6.07) is 0. The molecule has 1 saturated carbocycles. The number of methoxy groups -OCH3 is 1. The standard InChI is InChI=1S/C12H19NO5/c1-11(2,3)18-10(16)13-12(5-6-12)8(14)7-9(15)17-4/h5-7H2,1-4H3,(H,13,16). The maximum Gasteiger partial charge on any atom is 0.408 e. The number of hydrogen-bond acceptors (Lipinski definition) is 5. The Morgan fingerprint density at radius 1 is 1.22 bits per heavy atom. The van der Waals surface area contributed by atoms with Gasteiger partial charge in [-0.05, 0) is 33.6 Å². The number of carbonyl (C=O) groups excluding carboxylic acids is 3. The first-order valence-electron chi connectivity index (χ1n) is 5.80. The highest BCUT2D eigenvalue weighted by Crippen LogP contribution is 2.37. The van der Waals surface area contributed by atoms with Crippen LogP contribution >= 0.6 is 0 Å². The van der Waals surface area contributed by atoms with E-state index in [1.165, 1.54) is 7.11 Å². The topological polar surface area (TPSA) is 81.7 Å². The van der Waals surface area contributed by atoms with Gasteiger partial charge in [-0.3, -0.25) is 9.59 Å². The summed E-state index contributed by atoms with van der Waals surface area (Å²) >= 11 is 0. The maximum atomic E-state index is 11.8. The van der Waals surface area contributed by atoms with Crippen molar-refractivity contribution in [3.63, 3.8) is 0 Å². The summed E-state index contributed by atoms with van der Waals surface area (Å²) in [5.41, 5.74) is -1.55. The van der Waals surface area contributed by atoms with E-state index in [2.05, 4.69) is 10.1 Å². The number of amides is 1. The Balaban J connectivity index is 2.53. The summed E-state index contributed by atoms with van der Waals surface area (Å²) < 4.78 is 9.50. The van der Waals surface area contributed by atoms with Gasteiger partial charge in [0, 0.05) is 0 Å². The van der Waals surface area contributed by atoms with Gasteiger partial charge in [0.15, 0.2) is 5.78 Å². The first kappa shape index (κ1) is 14.5. The Bertz CT molecular complexity index is 365. The molecule has 6 heteroatoms. The molecule has 18 heavy (non-hydrogen) atoms. The van der Waals surface area contributed by atoms with Crippen molar-refractivity contribution in [1.29, 1.82) is 0 Å². The molecule has 0 aromatic heterocycles. The van der Waals surface area contributed by atoms with Crippen LogP contribution in [0, 0.1) is 0 Å². The average molecular weight is 257 g/mol. The molecule has 0 spiro atoms. The molecule has 0 unspecified atom stereocenters. The smallest absolute Gasteiger partial charge is 0.408 e. The summed E-state index contributed by atoms with van der Waals surface area (Å²) in [4.78, 5) is 34.4. The van der Waals surface area contributed by atoms with E-state index in [1.807, 2.05) is 0 Å². The van der Waals surface area contributed by atoms with Crippen LogP contribution in [0.3, 0.4) is 0 Å².